The molecule has 3 aromatic heterocycles. The Bertz CT molecular complexity index is 1960. The van der Waals surface area contributed by atoms with E-state index in [9.17, 15) is 4.79 Å². The maximum absolute atomic E-state index is 12.5. The van der Waals surface area contributed by atoms with E-state index >= 15 is 0 Å². The van der Waals surface area contributed by atoms with Crippen LogP contribution in [-0.4, -0.2) is 72.9 Å². The highest BCUT2D eigenvalue weighted by Crippen LogP contribution is 2.26. The Hall–Kier alpha value is -4.77. The molecule has 0 unspecified atom stereocenters. The van der Waals surface area contributed by atoms with E-state index in [-0.39, 0.29) is 5.91 Å². The Balaban J connectivity index is 0.708. The van der Waals surface area contributed by atoms with Crippen molar-refractivity contribution < 1.29 is 18.7 Å². The van der Waals surface area contributed by atoms with Crippen LogP contribution in [0.1, 0.15) is 36.1 Å². The molecule has 7 rings (SSSR count). The second-order valence-electron chi connectivity index (χ2n) is 12.7. The molecule has 2 N–H and O–H groups in total. The molecule has 0 spiro atoms. The Labute approximate surface area is 286 Å². The molecule has 0 saturated carbocycles. The Morgan fingerprint density at radius 1 is 0.837 bits per heavy atom. The van der Waals surface area contributed by atoms with Crippen LogP contribution in [0, 0.1) is 5.92 Å². The van der Waals surface area contributed by atoms with Gasteiger partial charge in [0.25, 0.3) is 0 Å². The molecule has 49 heavy (non-hydrogen) atoms. The number of nitrogens with zero attached hydrogens (tertiary/aromatic N) is 4. The first-order valence-corrected chi connectivity index (χ1v) is 17.3. The van der Waals surface area contributed by atoms with Crippen LogP contribution in [0.5, 0.6) is 0 Å². The van der Waals surface area contributed by atoms with E-state index in [4.69, 9.17) is 18.9 Å². The van der Waals surface area contributed by atoms with Gasteiger partial charge >= 0.3 is 0 Å². The van der Waals surface area contributed by atoms with Crippen LogP contribution < -0.4 is 15.5 Å². The molecule has 1 saturated heterocycles. The van der Waals surface area contributed by atoms with Gasteiger partial charge in [0.05, 0.1) is 37.5 Å². The van der Waals surface area contributed by atoms with Gasteiger partial charge in [-0.25, -0.2) is 4.98 Å². The summed E-state index contributed by atoms with van der Waals surface area (Å²) in [5.74, 6) is 3.11. The summed E-state index contributed by atoms with van der Waals surface area (Å²) in [6.45, 7) is 5.89. The predicted molar refractivity (Wildman–Crippen MR) is 192 cm³/mol. The van der Waals surface area contributed by atoms with E-state index in [1.807, 2.05) is 34.9 Å². The Kier molecular flexibility index (Phi) is 10.8. The number of carbonyl (C=O) groups excluding carboxylic acids is 1. The summed E-state index contributed by atoms with van der Waals surface area (Å²) in [6.07, 6.45) is 5.32. The van der Waals surface area contributed by atoms with Crippen molar-refractivity contribution in [1.82, 2.24) is 25.0 Å². The van der Waals surface area contributed by atoms with Crippen LogP contribution >= 0.6 is 0 Å². The molecule has 10 nitrogen and oxygen atoms in total. The number of para-hydroxylation sites is 2. The van der Waals surface area contributed by atoms with Gasteiger partial charge < -0.3 is 29.4 Å². The van der Waals surface area contributed by atoms with Gasteiger partial charge in [-0.1, -0.05) is 54.6 Å². The number of hydrogen-bond acceptors (Lipinski definition) is 8. The number of piperidine rings is 1. The minimum Gasteiger partial charge on any atom is -0.461 e. The molecule has 0 atom stereocenters. The summed E-state index contributed by atoms with van der Waals surface area (Å²) in [5.41, 5.74) is 5.35. The molecule has 4 heterocycles. The molecular formula is C39H44N6O4. The van der Waals surface area contributed by atoms with Gasteiger partial charge in [-0.05, 0) is 60.2 Å². The molecular weight excluding hydrogens is 616 g/mol. The third kappa shape index (κ3) is 8.64. The summed E-state index contributed by atoms with van der Waals surface area (Å²) < 4.78 is 19.5. The monoisotopic (exact) mass is 660 g/mol. The first-order chi connectivity index (χ1) is 24.2. The third-order valence-corrected chi connectivity index (χ3v) is 9.13. The zero-order valence-corrected chi connectivity index (χ0v) is 27.9. The van der Waals surface area contributed by atoms with E-state index in [0.29, 0.717) is 45.3 Å². The van der Waals surface area contributed by atoms with Crippen molar-refractivity contribution in [3.63, 3.8) is 0 Å². The number of carbonyl (C=O) groups is 1. The highest BCUT2D eigenvalue weighted by atomic mass is 16.5. The van der Waals surface area contributed by atoms with Crippen LogP contribution in [0.2, 0.25) is 0 Å². The highest BCUT2D eigenvalue weighted by molar-refractivity contribution is 5.80. The second-order valence-corrected chi connectivity index (χ2v) is 12.7. The van der Waals surface area contributed by atoms with Gasteiger partial charge in [0.15, 0.2) is 0 Å². The molecule has 10 heteroatoms. The summed E-state index contributed by atoms with van der Waals surface area (Å²) in [6, 6.07) is 29.0. The van der Waals surface area contributed by atoms with Gasteiger partial charge in [-0.2, -0.15) is 4.98 Å². The minimum absolute atomic E-state index is 0.0896. The van der Waals surface area contributed by atoms with Crippen LogP contribution in [0.25, 0.3) is 27.8 Å². The molecule has 0 radical (unpaired) electrons. The van der Waals surface area contributed by atoms with Gasteiger partial charge in [-0.3, -0.25) is 9.20 Å². The van der Waals surface area contributed by atoms with Crippen molar-refractivity contribution in [3.05, 3.63) is 108 Å². The first-order valence-electron chi connectivity index (χ1n) is 17.3. The Morgan fingerprint density at radius 3 is 2.49 bits per heavy atom. The van der Waals surface area contributed by atoms with Crippen LogP contribution in [0.3, 0.4) is 0 Å². The lowest BCUT2D eigenvalue weighted by Gasteiger charge is -2.32. The highest BCUT2D eigenvalue weighted by Gasteiger charge is 2.23. The molecule has 0 bridgehead atoms. The topological polar surface area (TPSA) is 106 Å². The summed E-state index contributed by atoms with van der Waals surface area (Å²) in [7, 11) is 0. The number of nitrogens with one attached hydrogen (secondary N) is 2. The lowest BCUT2D eigenvalue weighted by Crippen LogP contribution is -2.37. The van der Waals surface area contributed by atoms with Gasteiger partial charge in [0.2, 0.25) is 11.7 Å². The summed E-state index contributed by atoms with van der Waals surface area (Å²) in [5, 5.41) is 7.56. The maximum Gasteiger partial charge on any atom is 0.236 e. The zero-order chi connectivity index (χ0) is 33.3. The van der Waals surface area contributed by atoms with E-state index in [0.717, 1.165) is 84.8 Å². The van der Waals surface area contributed by atoms with Crippen molar-refractivity contribution >= 4 is 39.5 Å². The lowest BCUT2D eigenvalue weighted by molar-refractivity contribution is -0.122. The largest absolute Gasteiger partial charge is 0.461 e. The fourth-order valence-electron chi connectivity index (χ4n) is 6.50. The van der Waals surface area contributed by atoms with Crippen molar-refractivity contribution in [1.29, 1.82) is 0 Å². The quantitative estimate of drug-likeness (QED) is 0.126. The summed E-state index contributed by atoms with van der Waals surface area (Å²) >= 11 is 0. The average molecular weight is 661 g/mol. The van der Waals surface area contributed by atoms with Crippen molar-refractivity contribution in [3.8, 4) is 0 Å². The molecule has 0 aliphatic carbocycles. The third-order valence-electron chi connectivity index (χ3n) is 9.13. The molecule has 254 valence electrons. The molecule has 6 aromatic rings. The number of fused-ring (bicyclic) bond motifs is 4. The normalized spacial score (nSPS) is 13.9. The average Bonchev–Trinajstić information content (AvgIpc) is 3.71. The fourth-order valence-corrected chi connectivity index (χ4v) is 6.50. The molecule has 1 aliphatic rings. The zero-order valence-electron chi connectivity index (χ0n) is 27.9. The smallest absolute Gasteiger partial charge is 0.236 e. The molecule has 3 aromatic carbocycles. The van der Waals surface area contributed by atoms with E-state index in [2.05, 4.69) is 81.2 Å². The molecule has 1 aliphatic heterocycles. The Morgan fingerprint density at radius 2 is 1.63 bits per heavy atom. The molecule has 1 amide bonds. The first kappa shape index (κ1) is 32.8. The van der Waals surface area contributed by atoms with Crippen LogP contribution in [0.4, 0.5) is 5.82 Å². The maximum atomic E-state index is 12.5. The number of imidazole rings is 1. The van der Waals surface area contributed by atoms with Gasteiger partial charge in [-0.15, -0.1) is 0 Å². The van der Waals surface area contributed by atoms with E-state index < -0.39 is 0 Å². The van der Waals surface area contributed by atoms with Gasteiger partial charge in [0, 0.05) is 57.1 Å². The summed E-state index contributed by atoms with van der Waals surface area (Å²) in [4.78, 5) is 24.3. The van der Waals surface area contributed by atoms with E-state index in [1.54, 1.807) is 0 Å². The predicted octanol–water partition coefficient (Wildman–Crippen LogP) is 5.77. The minimum atomic E-state index is 0.0896. The van der Waals surface area contributed by atoms with Gasteiger partial charge in [0.1, 0.15) is 17.2 Å². The number of amides is 1. The number of hydrogen-bond donors (Lipinski definition) is 2. The SMILES string of the molecule is O=C(CC1CCN(c2ccn3c(n2)nc2ccccc23)CC1)NCCOCCOCCNCc1ccc2cc(Cc3ccccc3)oc2c1. The van der Waals surface area contributed by atoms with E-state index in [1.165, 1.54) is 11.1 Å². The number of furan rings is 1. The van der Waals surface area contributed by atoms with Crippen LogP contribution in [-0.2, 0) is 27.2 Å². The number of rotatable bonds is 16. The fraction of sp³-hybridized carbons (Fsp3) is 0.359. The van der Waals surface area contributed by atoms with Crippen molar-refractivity contribution in [2.45, 2.75) is 32.2 Å². The molecule has 1 fully saturated rings. The number of anilines is 1. The second kappa shape index (κ2) is 16.1. The van der Waals surface area contributed by atoms with Crippen molar-refractivity contribution in [2.75, 3.05) is 57.5 Å². The lowest BCUT2D eigenvalue weighted by atomic mass is 9.93. The van der Waals surface area contributed by atoms with Crippen LogP contribution in [0.15, 0.2) is 95.5 Å². The standard InChI is InChI=1S/C39H44N6O4/c46-38(26-30-12-17-44(18-13-30)37-14-19-45-35-9-5-4-8-34(35)42-39(45)43-37)41-16-21-48-23-22-47-20-15-40-28-31-10-11-32-27-33(49-36(32)25-31)24-29-6-2-1-3-7-29/h1-11,14,19,25,27,30,40H,12-13,15-18,20-24,26,28H2,(H,41,46). The number of aromatic nitrogens is 3. The number of benzene rings is 3. The number of ether oxygens (including phenoxy) is 2. The van der Waals surface area contributed by atoms with Crippen molar-refractivity contribution in [2.24, 2.45) is 5.92 Å².